The first-order chi connectivity index (χ1) is 19.3. The summed E-state index contributed by atoms with van der Waals surface area (Å²) in [5.74, 6) is -4.86. The van der Waals surface area contributed by atoms with Crippen LogP contribution in [0.15, 0.2) is 29.3 Å². The fourth-order valence-corrected chi connectivity index (χ4v) is 3.58. The van der Waals surface area contributed by atoms with E-state index in [1.54, 1.807) is 0 Å². The molecule has 0 aliphatic carbocycles. The van der Waals surface area contributed by atoms with E-state index in [0.29, 0.717) is 5.56 Å². The fourth-order valence-electron chi connectivity index (χ4n) is 3.33. The van der Waals surface area contributed by atoms with Gasteiger partial charge in [0.15, 0.2) is 5.96 Å². The van der Waals surface area contributed by atoms with Crippen molar-refractivity contribution >= 4 is 48.2 Å². The molecule has 0 aliphatic rings. The maximum atomic E-state index is 13.2. The Labute approximate surface area is 241 Å². The minimum Gasteiger partial charge on any atom is -0.508 e. The second kappa shape index (κ2) is 17.6. The number of carboxylic acids is 1. The highest BCUT2D eigenvalue weighted by atomic mass is 32.1. The zero-order valence-electron chi connectivity index (χ0n) is 22.4. The number of nitrogens with zero attached hydrogens (tertiary/aromatic N) is 1. The van der Waals surface area contributed by atoms with Crippen LogP contribution in [0.2, 0.25) is 0 Å². The molecule has 13 N–H and O–H groups in total. The van der Waals surface area contributed by atoms with E-state index in [9.17, 15) is 34.2 Å². The van der Waals surface area contributed by atoms with Crippen LogP contribution in [0, 0.1) is 0 Å². The minimum absolute atomic E-state index is 0.0115. The van der Waals surface area contributed by atoms with Crippen LogP contribution in [0.3, 0.4) is 0 Å². The van der Waals surface area contributed by atoms with Crippen LogP contribution in [0.5, 0.6) is 5.75 Å². The van der Waals surface area contributed by atoms with Crippen LogP contribution in [0.25, 0.3) is 0 Å². The molecule has 0 saturated carbocycles. The summed E-state index contributed by atoms with van der Waals surface area (Å²) in [4.78, 5) is 66.3. The molecule has 0 bridgehead atoms. The van der Waals surface area contributed by atoms with Gasteiger partial charge in [0.1, 0.15) is 36.0 Å². The Hall–Kier alpha value is -4.09. The Balaban J connectivity index is 3.07. The first kappa shape index (κ1) is 34.9. The predicted octanol–water partition coefficient (Wildman–Crippen LogP) is -3.72. The zero-order chi connectivity index (χ0) is 31.1. The molecule has 0 aliphatic heterocycles. The number of phenolic OH excluding ortho intramolecular Hbond substituents is 1. The summed E-state index contributed by atoms with van der Waals surface area (Å²) in [6.07, 6.45) is 0.230. The molecule has 0 radical (unpaired) electrons. The number of carbonyl (C=O) groups is 5. The van der Waals surface area contributed by atoms with Crippen molar-refractivity contribution in [1.29, 1.82) is 0 Å². The third-order valence-electron chi connectivity index (χ3n) is 5.67. The van der Waals surface area contributed by atoms with E-state index in [2.05, 4.69) is 38.9 Å². The number of carboxylic acid groups (broad SMARTS) is 1. The molecular weight excluding hydrogens is 560 g/mol. The highest BCUT2D eigenvalue weighted by Gasteiger charge is 2.30. The van der Waals surface area contributed by atoms with E-state index >= 15 is 0 Å². The van der Waals surface area contributed by atoms with Crippen molar-refractivity contribution in [2.75, 3.05) is 18.9 Å². The van der Waals surface area contributed by atoms with Crippen molar-refractivity contribution in [1.82, 2.24) is 21.3 Å². The van der Waals surface area contributed by atoms with Crippen molar-refractivity contribution in [3.8, 4) is 5.75 Å². The number of aliphatic carboxylic acids is 1. The lowest BCUT2D eigenvalue weighted by atomic mass is 10.0. The maximum Gasteiger partial charge on any atom is 0.325 e. The van der Waals surface area contributed by atoms with Gasteiger partial charge < -0.3 is 53.8 Å². The molecule has 0 unspecified atom stereocenters. The molecule has 1 aromatic carbocycles. The molecule has 0 aromatic heterocycles. The minimum atomic E-state index is -1.31. The van der Waals surface area contributed by atoms with Gasteiger partial charge in [-0.15, -0.1) is 0 Å². The van der Waals surface area contributed by atoms with Gasteiger partial charge in [-0.2, -0.15) is 12.6 Å². The van der Waals surface area contributed by atoms with Crippen LogP contribution in [0.1, 0.15) is 25.3 Å². The van der Waals surface area contributed by atoms with Gasteiger partial charge in [-0.1, -0.05) is 12.1 Å². The van der Waals surface area contributed by atoms with Crippen molar-refractivity contribution in [3.05, 3.63) is 29.8 Å². The number of amides is 4. The van der Waals surface area contributed by atoms with Gasteiger partial charge in [0.05, 0.1) is 6.61 Å². The number of nitrogens with one attached hydrogen (secondary N) is 4. The van der Waals surface area contributed by atoms with Crippen molar-refractivity contribution in [3.63, 3.8) is 0 Å². The van der Waals surface area contributed by atoms with E-state index in [0.717, 1.165) is 0 Å². The quantitative estimate of drug-likeness (QED) is 0.0359. The van der Waals surface area contributed by atoms with E-state index in [1.807, 2.05) is 0 Å². The molecule has 16 nitrogen and oxygen atoms in total. The maximum absolute atomic E-state index is 13.2. The highest BCUT2D eigenvalue weighted by molar-refractivity contribution is 7.80. The van der Waals surface area contributed by atoms with Crippen LogP contribution in [-0.2, 0) is 30.4 Å². The summed E-state index contributed by atoms with van der Waals surface area (Å²) < 4.78 is 0. The molecule has 0 saturated heterocycles. The van der Waals surface area contributed by atoms with Gasteiger partial charge in [-0.25, -0.2) is 0 Å². The number of hydrogen-bond acceptors (Lipinski definition) is 10. The van der Waals surface area contributed by atoms with Crippen molar-refractivity contribution in [2.24, 2.45) is 22.2 Å². The van der Waals surface area contributed by atoms with E-state index in [4.69, 9.17) is 22.3 Å². The summed E-state index contributed by atoms with van der Waals surface area (Å²) in [6, 6.07) is -0.433. The summed E-state index contributed by atoms with van der Waals surface area (Å²) >= 11 is 4.12. The molecule has 41 heavy (non-hydrogen) atoms. The molecule has 0 fully saturated rings. The molecule has 0 spiro atoms. The smallest absolute Gasteiger partial charge is 0.325 e. The van der Waals surface area contributed by atoms with Crippen LogP contribution < -0.4 is 38.5 Å². The fraction of sp³-hybridized carbons (Fsp3) is 0.500. The van der Waals surface area contributed by atoms with Gasteiger partial charge in [-0.3, -0.25) is 29.0 Å². The Morgan fingerprint density at radius 3 is 1.98 bits per heavy atom. The number of aromatic hydroxyl groups is 1. The van der Waals surface area contributed by atoms with Crippen LogP contribution >= 0.6 is 12.6 Å². The summed E-state index contributed by atoms with van der Waals surface area (Å²) in [6.45, 7) is 0.715. The Morgan fingerprint density at radius 2 is 1.44 bits per heavy atom. The topological polar surface area (TPSA) is 285 Å². The molecule has 1 rings (SSSR count). The Kier molecular flexibility index (Phi) is 15.0. The summed E-state index contributed by atoms with van der Waals surface area (Å²) in [5, 5.41) is 37.5. The summed E-state index contributed by atoms with van der Waals surface area (Å²) in [7, 11) is 0. The molecule has 228 valence electrons. The molecular formula is C24H38N8O8S. The number of hydrogen-bond donors (Lipinski definition) is 11. The number of thiol groups is 1. The SMILES string of the molecule is C[C@H](NC(=O)[C@H](CCCN=C(N)N)NC(=O)[C@H](CS)NC(=O)[C@H](Cc1ccc(O)cc1)NC(=O)[C@@H](N)CO)C(=O)O. The van der Waals surface area contributed by atoms with Gasteiger partial charge in [0.2, 0.25) is 23.6 Å². The van der Waals surface area contributed by atoms with Gasteiger partial charge >= 0.3 is 5.97 Å². The van der Waals surface area contributed by atoms with E-state index < -0.39 is 66.4 Å². The number of rotatable bonds is 17. The lowest BCUT2D eigenvalue weighted by Gasteiger charge is -2.25. The number of aliphatic hydroxyl groups is 1. The highest BCUT2D eigenvalue weighted by Crippen LogP contribution is 2.12. The third-order valence-corrected chi connectivity index (χ3v) is 6.03. The second-order valence-electron chi connectivity index (χ2n) is 9.04. The van der Waals surface area contributed by atoms with Crippen molar-refractivity contribution in [2.45, 2.75) is 56.4 Å². The second-order valence-corrected chi connectivity index (χ2v) is 9.41. The molecule has 5 atom stereocenters. The molecule has 4 amide bonds. The predicted molar refractivity (Wildman–Crippen MR) is 152 cm³/mol. The number of benzene rings is 1. The largest absolute Gasteiger partial charge is 0.508 e. The number of aliphatic imine (C=N–C) groups is 1. The lowest BCUT2D eigenvalue weighted by molar-refractivity contribution is -0.141. The number of carbonyl (C=O) groups excluding carboxylic acids is 4. The molecule has 17 heteroatoms. The number of phenols is 1. The number of guanidine groups is 1. The van der Waals surface area contributed by atoms with Gasteiger partial charge in [0, 0.05) is 18.7 Å². The molecule has 0 heterocycles. The Morgan fingerprint density at radius 1 is 0.902 bits per heavy atom. The van der Waals surface area contributed by atoms with Crippen LogP contribution in [-0.4, -0.2) is 100.0 Å². The first-order valence-electron chi connectivity index (χ1n) is 12.5. The number of nitrogens with two attached hydrogens (primary N) is 3. The van der Waals surface area contributed by atoms with Crippen LogP contribution in [0.4, 0.5) is 0 Å². The Bertz CT molecular complexity index is 1080. The van der Waals surface area contributed by atoms with Crippen molar-refractivity contribution < 1.29 is 39.3 Å². The average molecular weight is 599 g/mol. The average Bonchev–Trinajstić information content (AvgIpc) is 2.92. The number of aliphatic hydroxyl groups excluding tert-OH is 1. The van der Waals surface area contributed by atoms with Gasteiger partial charge in [-0.05, 0) is 37.5 Å². The normalized spacial score (nSPS) is 14.3. The standard InChI is InChI=1S/C24H38N8O8S/c1-12(23(39)40)29-20(36)16(3-2-8-28-24(26)27)30-22(38)18(11-41)32-21(37)17(31-19(35)15(25)10-33)9-13-4-6-14(34)7-5-13/h4-7,12,15-18,33-34,41H,2-3,8-11,25H2,1H3,(H,29,36)(H,30,38)(H,31,35)(H,32,37)(H,39,40)(H4,26,27,28)/t12-,15-,16-,17-,18-/m0/s1. The lowest BCUT2D eigenvalue weighted by Crippen LogP contribution is -2.59. The zero-order valence-corrected chi connectivity index (χ0v) is 23.3. The van der Waals surface area contributed by atoms with E-state index in [1.165, 1.54) is 31.2 Å². The summed E-state index contributed by atoms with van der Waals surface area (Å²) in [5.41, 5.74) is 16.7. The van der Waals surface area contributed by atoms with E-state index in [-0.39, 0.29) is 43.3 Å². The molecule has 1 aromatic rings. The third kappa shape index (κ3) is 12.7. The van der Waals surface area contributed by atoms with Gasteiger partial charge in [0.25, 0.3) is 0 Å². The monoisotopic (exact) mass is 598 g/mol. The first-order valence-corrected chi connectivity index (χ1v) is 13.2.